The number of carboxylic acid groups (broad SMARTS) is 1. The molecule has 0 aromatic carbocycles. The number of carboxylic acids is 1. The van der Waals surface area contributed by atoms with Crippen LogP contribution in [-0.4, -0.2) is 22.6 Å². The molecule has 0 aliphatic rings. The molecule has 0 saturated heterocycles. The van der Waals surface area contributed by atoms with Crippen LogP contribution < -0.4 is 5.32 Å². The zero-order chi connectivity index (χ0) is 12.3. The van der Waals surface area contributed by atoms with Gasteiger partial charge in [-0.05, 0) is 27.7 Å². The van der Waals surface area contributed by atoms with E-state index in [-0.39, 0.29) is 12.0 Å². The molecule has 0 unspecified atom stereocenters. The lowest BCUT2D eigenvalue weighted by molar-refractivity contribution is -0.136. The van der Waals surface area contributed by atoms with Crippen molar-refractivity contribution in [2.45, 2.75) is 39.7 Å². The second-order valence-electron chi connectivity index (χ2n) is 4.36. The van der Waals surface area contributed by atoms with Crippen molar-refractivity contribution in [3.05, 3.63) is 15.6 Å². The Morgan fingerprint density at radius 2 is 2.12 bits per heavy atom. The van der Waals surface area contributed by atoms with Gasteiger partial charge in [-0.15, -0.1) is 11.3 Å². The summed E-state index contributed by atoms with van der Waals surface area (Å²) in [6.45, 7) is 8.53. The first kappa shape index (κ1) is 13.1. The fraction of sp³-hybridized carbons (Fsp3) is 0.636. The quantitative estimate of drug-likeness (QED) is 0.829. The Kier molecular flexibility index (Phi) is 4.04. The van der Waals surface area contributed by atoms with Crippen molar-refractivity contribution in [2.24, 2.45) is 0 Å². The van der Waals surface area contributed by atoms with Gasteiger partial charge in [0.15, 0.2) is 0 Å². The number of aliphatic carboxylic acids is 1. The lowest BCUT2D eigenvalue weighted by atomic mass is 10.1. The Balaban J connectivity index is 2.66. The standard InChI is InChI=1S/C11H18N2O2S/c1-7-8(2)16-10(13-7)11(3,4)12-6-5-9(14)15/h12H,5-6H2,1-4H3,(H,14,15). The van der Waals surface area contributed by atoms with Gasteiger partial charge in [-0.2, -0.15) is 0 Å². The van der Waals surface area contributed by atoms with Gasteiger partial charge < -0.3 is 10.4 Å². The third-order valence-corrected chi connectivity index (χ3v) is 3.87. The van der Waals surface area contributed by atoms with Crippen LogP contribution >= 0.6 is 11.3 Å². The molecule has 0 amide bonds. The first-order valence-corrected chi connectivity index (χ1v) is 6.06. The smallest absolute Gasteiger partial charge is 0.304 e. The molecule has 0 bridgehead atoms. The topological polar surface area (TPSA) is 62.2 Å². The molecule has 90 valence electrons. The summed E-state index contributed by atoms with van der Waals surface area (Å²) >= 11 is 1.66. The highest BCUT2D eigenvalue weighted by Gasteiger charge is 2.24. The van der Waals surface area contributed by atoms with Gasteiger partial charge >= 0.3 is 5.97 Å². The van der Waals surface area contributed by atoms with E-state index in [1.54, 1.807) is 11.3 Å². The predicted octanol–water partition coefficient (Wildman–Crippen LogP) is 2.06. The summed E-state index contributed by atoms with van der Waals surface area (Å²) in [5.74, 6) is -0.783. The molecule has 16 heavy (non-hydrogen) atoms. The maximum Gasteiger partial charge on any atom is 0.304 e. The van der Waals surface area contributed by atoms with Gasteiger partial charge in [0.1, 0.15) is 5.01 Å². The molecule has 0 fully saturated rings. The predicted molar refractivity (Wildman–Crippen MR) is 64.9 cm³/mol. The number of carbonyl (C=O) groups is 1. The minimum absolute atomic E-state index is 0.132. The highest BCUT2D eigenvalue weighted by molar-refractivity contribution is 7.11. The number of hydrogen-bond donors (Lipinski definition) is 2. The number of thiazole rings is 1. The summed E-state index contributed by atoms with van der Waals surface area (Å²) in [6, 6.07) is 0. The molecule has 2 N–H and O–H groups in total. The summed E-state index contributed by atoms with van der Waals surface area (Å²) in [4.78, 5) is 16.1. The van der Waals surface area contributed by atoms with Gasteiger partial charge in [-0.25, -0.2) is 4.98 Å². The molecule has 1 aromatic rings. The molecule has 1 aromatic heterocycles. The lowest BCUT2D eigenvalue weighted by Crippen LogP contribution is -2.37. The van der Waals surface area contributed by atoms with Crippen LogP contribution in [-0.2, 0) is 10.3 Å². The largest absolute Gasteiger partial charge is 0.481 e. The van der Waals surface area contributed by atoms with Crippen LogP contribution in [0, 0.1) is 13.8 Å². The van der Waals surface area contributed by atoms with Crippen molar-refractivity contribution in [1.82, 2.24) is 10.3 Å². The zero-order valence-electron chi connectivity index (χ0n) is 10.1. The number of aryl methyl sites for hydroxylation is 2. The molecule has 4 nitrogen and oxygen atoms in total. The Morgan fingerprint density at radius 3 is 2.56 bits per heavy atom. The van der Waals surface area contributed by atoms with Crippen molar-refractivity contribution in [2.75, 3.05) is 6.54 Å². The van der Waals surface area contributed by atoms with Crippen LogP contribution in [0.4, 0.5) is 0 Å². The molecule has 0 spiro atoms. The van der Waals surface area contributed by atoms with Crippen molar-refractivity contribution >= 4 is 17.3 Å². The van der Waals surface area contributed by atoms with E-state index in [0.29, 0.717) is 6.54 Å². The van der Waals surface area contributed by atoms with Crippen LogP contribution in [0.25, 0.3) is 0 Å². The van der Waals surface area contributed by atoms with E-state index < -0.39 is 5.97 Å². The maximum atomic E-state index is 10.4. The maximum absolute atomic E-state index is 10.4. The average Bonchev–Trinajstić information content (AvgIpc) is 2.46. The fourth-order valence-electron chi connectivity index (χ4n) is 1.30. The molecule has 0 saturated carbocycles. The van der Waals surface area contributed by atoms with Crippen LogP contribution in [0.1, 0.15) is 35.8 Å². The third-order valence-electron chi connectivity index (χ3n) is 2.47. The van der Waals surface area contributed by atoms with Gasteiger partial charge in [0, 0.05) is 11.4 Å². The average molecular weight is 242 g/mol. The summed E-state index contributed by atoms with van der Waals surface area (Å²) < 4.78 is 0. The molecule has 0 aliphatic heterocycles. The number of rotatable bonds is 5. The molecule has 1 heterocycles. The van der Waals surface area contributed by atoms with Crippen LogP contribution in [0.2, 0.25) is 0 Å². The Hall–Kier alpha value is -0.940. The molecule has 0 radical (unpaired) electrons. The number of nitrogens with one attached hydrogen (secondary N) is 1. The van der Waals surface area contributed by atoms with Gasteiger partial charge in [-0.1, -0.05) is 0 Å². The summed E-state index contributed by atoms with van der Waals surface area (Å²) in [5.41, 5.74) is 0.784. The van der Waals surface area contributed by atoms with Crippen molar-refractivity contribution in [3.8, 4) is 0 Å². The molecular formula is C11H18N2O2S. The Labute approximate surface area is 99.7 Å². The third kappa shape index (κ3) is 3.28. The molecule has 0 aliphatic carbocycles. The first-order valence-electron chi connectivity index (χ1n) is 5.24. The number of hydrogen-bond acceptors (Lipinski definition) is 4. The molecule has 1 rings (SSSR count). The second kappa shape index (κ2) is 4.93. The summed E-state index contributed by atoms with van der Waals surface area (Å²) in [6.07, 6.45) is 0.132. The SMILES string of the molecule is Cc1nc(C(C)(C)NCCC(=O)O)sc1C. The van der Waals surface area contributed by atoms with E-state index in [1.165, 1.54) is 4.88 Å². The highest BCUT2D eigenvalue weighted by atomic mass is 32.1. The van der Waals surface area contributed by atoms with E-state index in [9.17, 15) is 4.79 Å². The van der Waals surface area contributed by atoms with Crippen molar-refractivity contribution < 1.29 is 9.90 Å². The first-order chi connectivity index (χ1) is 7.33. The summed E-state index contributed by atoms with van der Waals surface area (Å²) in [7, 11) is 0. The van der Waals surface area contributed by atoms with E-state index in [4.69, 9.17) is 5.11 Å². The summed E-state index contributed by atoms with van der Waals surface area (Å²) in [5, 5.41) is 12.8. The number of nitrogens with zero attached hydrogens (tertiary/aromatic N) is 1. The zero-order valence-corrected chi connectivity index (χ0v) is 10.9. The Bertz CT molecular complexity index is 366. The molecule has 0 atom stereocenters. The second-order valence-corrected chi connectivity index (χ2v) is 5.56. The van der Waals surface area contributed by atoms with Gasteiger partial charge in [0.25, 0.3) is 0 Å². The number of aromatic nitrogens is 1. The van der Waals surface area contributed by atoms with Gasteiger partial charge in [0.05, 0.1) is 17.7 Å². The van der Waals surface area contributed by atoms with Crippen molar-refractivity contribution in [1.29, 1.82) is 0 Å². The fourth-order valence-corrected chi connectivity index (χ4v) is 2.29. The van der Waals surface area contributed by atoms with E-state index in [0.717, 1.165) is 10.7 Å². The van der Waals surface area contributed by atoms with Crippen LogP contribution in [0.5, 0.6) is 0 Å². The molecule has 5 heteroatoms. The van der Waals surface area contributed by atoms with E-state index in [2.05, 4.69) is 10.3 Å². The van der Waals surface area contributed by atoms with E-state index >= 15 is 0 Å². The van der Waals surface area contributed by atoms with Crippen molar-refractivity contribution in [3.63, 3.8) is 0 Å². The van der Waals surface area contributed by atoms with Gasteiger partial charge in [0.2, 0.25) is 0 Å². The highest BCUT2D eigenvalue weighted by Crippen LogP contribution is 2.26. The van der Waals surface area contributed by atoms with E-state index in [1.807, 2.05) is 27.7 Å². The van der Waals surface area contributed by atoms with Crippen LogP contribution in [0.15, 0.2) is 0 Å². The Morgan fingerprint density at radius 1 is 1.50 bits per heavy atom. The minimum atomic E-state index is -0.783. The van der Waals surface area contributed by atoms with Crippen LogP contribution in [0.3, 0.4) is 0 Å². The molecular weight excluding hydrogens is 224 g/mol. The normalized spacial score (nSPS) is 11.8. The van der Waals surface area contributed by atoms with Gasteiger partial charge in [-0.3, -0.25) is 4.79 Å². The lowest BCUT2D eigenvalue weighted by Gasteiger charge is -2.23. The monoisotopic (exact) mass is 242 g/mol. The minimum Gasteiger partial charge on any atom is -0.481 e.